The van der Waals surface area contributed by atoms with Gasteiger partial charge >= 0.3 is 0 Å². The largest absolute Gasteiger partial charge is 0.394 e. The molecule has 1 amide bonds. The highest BCUT2D eigenvalue weighted by atomic mass is 16.3. The summed E-state index contributed by atoms with van der Waals surface area (Å²) in [5.74, 6) is 0.516. The normalized spacial score (nSPS) is 13.0. The molecule has 23 heavy (non-hydrogen) atoms. The highest BCUT2D eigenvalue weighted by molar-refractivity contribution is 5.94. The van der Waals surface area contributed by atoms with E-state index >= 15 is 0 Å². The summed E-state index contributed by atoms with van der Waals surface area (Å²) in [6.45, 7) is 5.95. The molecule has 0 unspecified atom stereocenters. The van der Waals surface area contributed by atoms with Crippen LogP contribution in [0.25, 0.3) is 11.4 Å². The molecule has 1 atom stereocenters. The fourth-order valence-corrected chi connectivity index (χ4v) is 2.56. The maximum Gasteiger partial charge on any atom is 0.253 e. The number of benzene rings is 1. The van der Waals surface area contributed by atoms with Crippen LogP contribution >= 0.6 is 0 Å². The number of nitrogens with zero attached hydrogens (tertiary/aromatic N) is 4. The van der Waals surface area contributed by atoms with Crippen molar-refractivity contribution in [3.05, 3.63) is 36.2 Å². The van der Waals surface area contributed by atoms with Crippen LogP contribution in [0.4, 0.5) is 0 Å². The van der Waals surface area contributed by atoms with E-state index in [1.165, 1.54) is 0 Å². The van der Waals surface area contributed by atoms with Crippen molar-refractivity contribution in [3.63, 3.8) is 0 Å². The molecule has 6 nitrogen and oxygen atoms in total. The topological polar surface area (TPSA) is 71.2 Å². The van der Waals surface area contributed by atoms with Gasteiger partial charge in [-0.25, -0.2) is 4.98 Å². The second-order valence-electron chi connectivity index (χ2n) is 6.80. The van der Waals surface area contributed by atoms with Crippen LogP contribution in [0.2, 0.25) is 0 Å². The molecule has 0 aliphatic rings. The van der Waals surface area contributed by atoms with Crippen molar-refractivity contribution in [2.75, 3.05) is 13.7 Å². The molecule has 0 bridgehead atoms. The summed E-state index contributed by atoms with van der Waals surface area (Å²) in [7, 11) is 3.54. The van der Waals surface area contributed by atoms with Gasteiger partial charge in [0.05, 0.1) is 12.6 Å². The van der Waals surface area contributed by atoms with Crippen LogP contribution in [0, 0.1) is 5.41 Å². The summed E-state index contributed by atoms with van der Waals surface area (Å²) in [5, 5.41) is 13.9. The van der Waals surface area contributed by atoms with Gasteiger partial charge in [0.25, 0.3) is 5.91 Å². The van der Waals surface area contributed by atoms with Gasteiger partial charge in [-0.05, 0) is 17.5 Å². The molecule has 0 radical (unpaired) electrons. The first-order valence-electron chi connectivity index (χ1n) is 7.58. The standard InChI is InChI=1S/C17H24N4O2/c1-17(2,3)14(10-22)21(5)16(23)13-8-6-12(7-9-13)15-18-11-20(4)19-15/h6-9,11,14,22H,10H2,1-5H3/t14-/m1/s1. The molecule has 0 aliphatic heterocycles. The zero-order valence-corrected chi connectivity index (χ0v) is 14.3. The molecule has 2 aromatic rings. The van der Waals surface area contributed by atoms with Crippen LogP contribution in [-0.4, -0.2) is 50.4 Å². The number of hydrogen-bond acceptors (Lipinski definition) is 4. The van der Waals surface area contributed by atoms with E-state index in [1.54, 1.807) is 35.1 Å². The Kier molecular flexibility index (Phi) is 4.85. The third kappa shape index (κ3) is 3.76. The van der Waals surface area contributed by atoms with Gasteiger partial charge in [0.2, 0.25) is 0 Å². The lowest BCUT2D eigenvalue weighted by molar-refractivity contribution is 0.0434. The van der Waals surface area contributed by atoms with Crippen LogP contribution in [0.5, 0.6) is 0 Å². The van der Waals surface area contributed by atoms with Crippen LogP contribution < -0.4 is 0 Å². The van der Waals surface area contributed by atoms with Crippen LogP contribution in [-0.2, 0) is 7.05 Å². The minimum absolute atomic E-state index is 0.0678. The monoisotopic (exact) mass is 316 g/mol. The van der Waals surface area contributed by atoms with E-state index in [0.717, 1.165) is 5.56 Å². The summed E-state index contributed by atoms with van der Waals surface area (Å²) in [5.41, 5.74) is 1.24. The number of aliphatic hydroxyl groups excluding tert-OH is 1. The third-order valence-corrected chi connectivity index (χ3v) is 3.95. The lowest BCUT2D eigenvalue weighted by atomic mass is 9.86. The third-order valence-electron chi connectivity index (χ3n) is 3.95. The average Bonchev–Trinajstić information content (AvgIpc) is 2.92. The number of likely N-dealkylation sites (N-methyl/N-ethyl adjacent to an activating group) is 1. The van der Waals surface area contributed by atoms with Gasteiger partial charge < -0.3 is 10.0 Å². The van der Waals surface area contributed by atoms with Crippen LogP contribution in [0.1, 0.15) is 31.1 Å². The fourth-order valence-electron chi connectivity index (χ4n) is 2.56. The lowest BCUT2D eigenvalue weighted by Crippen LogP contribution is -2.47. The highest BCUT2D eigenvalue weighted by Gasteiger charge is 2.30. The van der Waals surface area contributed by atoms with E-state index in [0.29, 0.717) is 11.4 Å². The minimum atomic E-state index is -0.243. The second-order valence-corrected chi connectivity index (χ2v) is 6.80. The van der Waals surface area contributed by atoms with Gasteiger partial charge in [-0.1, -0.05) is 32.9 Å². The average molecular weight is 316 g/mol. The first-order chi connectivity index (χ1) is 10.7. The van der Waals surface area contributed by atoms with Crippen molar-refractivity contribution in [1.29, 1.82) is 0 Å². The summed E-state index contributed by atoms with van der Waals surface area (Å²) >= 11 is 0. The first kappa shape index (κ1) is 17.1. The summed E-state index contributed by atoms with van der Waals surface area (Å²) < 4.78 is 1.64. The number of amides is 1. The predicted molar refractivity (Wildman–Crippen MR) is 88.9 cm³/mol. The number of aromatic nitrogens is 3. The van der Waals surface area contributed by atoms with Gasteiger partial charge in [0, 0.05) is 25.2 Å². The maximum atomic E-state index is 12.6. The SMILES string of the molecule is CN(C(=O)c1ccc(-c2ncn(C)n2)cc1)[C@H](CO)C(C)(C)C. The molecule has 1 aromatic carbocycles. The summed E-state index contributed by atoms with van der Waals surface area (Å²) in [6, 6.07) is 6.96. The Morgan fingerprint density at radius 1 is 1.30 bits per heavy atom. The van der Waals surface area contributed by atoms with Crippen molar-refractivity contribution in [1.82, 2.24) is 19.7 Å². The van der Waals surface area contributed by atoms with Gasteiger partial charge in [0.1, 0.15) is 6.33 Å². The van der Waals surface area contributed by atoms with E-state index in [-0.39, 0.29) is 24.0 Å². The summed E-state index contributed by atoms with van der Waals surface area (Å²) in [4.78, 5) is 18.4. The Labute approximate surface area is 136 Å². The molecule has 0 saturated heterocycles. The molecule has 0 fully saturated rings. The lowest BCUT2D eigenvalue weighted by Gasteiger charge is -2.36. The first-order valence-corrected chi connectivity index (χ1v) is 7.58. The Balaban J connectivity index is 2.20. The van der Waals surface area contributed by atoms with Gasteiger partial charge in [-0.15, -0.1) is 0 Å². The van der Waals surface area contributed by atoms with E-state index in [9.17, 15) is 9.90 Å². The number of hydrogen-bond donors (Lipinski definition) is 1. The molecule has 2 rings (SSSR count). The molecule has 1 heterocycles. The van der Waals surface area contributed by atoms with Crippen molar-refractivity contribution < 1.29 is 9.90 Å². The fraction of sp³-hybridized carbons (Fsp3) is 0.471. The second kappa shape index (κ2) is 6.50. The van der Waals surface area contributed by atoms with E-state index in [2.05, 4.69) is 10.1 Å². The zero-order chi connectivity index (χ0) is 17.2. The van der Waals surface area contributed by atoms with Crippen molar-refractivity contribution in [2.24, 2.45) is 12.5 Å². The van der Waals surface area contributed by atoms with Crippen molar-refractivity contribution in [3.8, 4) is 11.4 Å². The Morgan fingerprint density at radius 3 is 2.35 bits per heavy atom. The number of carbonyl (C=O) groups is 1. The van der Waals surface area contributed by atoms with Gasteiger partial charge in [0.15, 0.2) is 5.82 Å². The minimum Gasteiger partial charge on any atom is -0.394 e. The van der Waals surface area contributed by atoms with E-state index in [4.69, 9.17) is 0 Å². The molecule has 1 aromatic heterocycles. The number of aryl methyl sites for hydroxylation is 1. The maximum absolute atomic E-state index is 12.6. The number of rotatable bonds is 4. The van der Waals surface area contributed by atoms with Gasteiger partial charge in [-0.3, -0.25) is 9.48 Å². The van der Waals surface area contributed by atoms with Crippen LogP contribution in [0.15, 0.2) is 30.6 Å². The highest BCUT2D eigenvalue weighted by Crippen LogP contribution is 2.25. The molecule has 0 spiro atoms. The molecule has 6 heteroatoms. The van der Waals surface area contributed by atoms with Crippen molar-refractivity contribution in [2.45, 2.75) is 26.8 Å². The number of aliphatic hydroxyl groups is 1. The van der Waals surface area contributed by atoms with E-state index in [1.807, 2.05) is 40.0 Å². The molecule has 124 valence electrons. The summed E-state index contributed by atoms with van der Waals surface area (Å²) in [6.07, 6.45) is 1.64. The molecule has 1 N–H and O–H groups in total. The quantitative estimate of drug-likeness (QED) is 0.936. The number of carbonyl (C=O) groups excluding carboxylic acids is 1. The zero-order valence-electron chi connectivity index (χ0n) is 14.3. The molecule has 0 saturated carbocycles. The van der Waals surface area contributed by atoms with Crippen molar-refractivity contribution >= 4 is 5.91 Å². The predicted octanol–water partition coefficient (Wildman–Crippen LogP) is 1.96. The Bertz CT molecular complexity index is 671. The smallest absolute Gasteiger partial charge is 0.253 e. The molecular weight excluding hydrogens is 292 g/mol. The Hall–Kier alpha value is -2.21. The molecule has 0 aliphatic carbocycles. The van der Waals surface area contributed by atoms with Gasteiger partial charge in [-0.2, -0.15) is 5.10 Å². The van der Waals surface area contributed by atoms with Crippen LogP contribution in [0.3, 0.4) is 0 Å². The Morgan fingerprint density at radius 2 is 1.91 bits per heavy atom. The van der Waals surface area contributed by atoms with E-state index < -0.39 is 0 Å². The molecular formula is C17H24N4O2.